The molecule has 0 radical (unpaired) electrons. The van der Waals surface area contributed by atoms with E-state index in [0.717, 1.165) is 11.8 Å². The van der Waals surface area contributed by atoms with Crippen molar-refractivity contribution in [3.63, 3.8) is 0 Å². The Balaban J connectivity index is 1.99. The molecule has 2 aromatic rings. The van der Waals surface area contributed by atoms with E-state index >= 15 is 0 Å². The van der Waals surface area contributed by atoms with E-state index in [2.05, 4.69) is 71.1 Å². The molecule has 2 unspecified atom stereocenters. The van der Waals surface area contributed by atoms with Crippen LogP contribution in [-0.2, 0) is 0 Å². The number of hydrogen-bond donors (Lipinski definition) is 0. The van der Waals surface area contributed by atoms with Crippen molar-refractivity contribution >= 4 is 22.6 Å². The highest BCUT2D eigenvalue weighted by Crippen LogP contribution is 2.60. The maximum absolute atomic E-state index is 2.60. The summed E-state index contributed by atoms with van der Waals surface area (Å²) in [6.07, 6.45) is 1.34. The van der Waals surface area contributed by atoms with Gasteiger partial charge in [0.15, 0.2) is 0 Å². The van der Waals surface area contributed by atoms with E-state index in [9.17, 15) is 0 Å². The van der Waals surface area contributed by atoms with Gasteiger partial charge in [0.05, 0.1) is 3.92 Å². The van der Waals surface area contributed by atoms with Crippen LogP contribution in [0.4, 0.5) is 0 Å². The Bertz CT molecular complexity index is 536. The second-order valence-corrected chi connectivity index (χ2v) is 6.31. The fraction of sp³-hybridized carbons (Fsp3) is 0.250. The lowest BCUT2D eigenvalue weighted by Gasteiger charge is -2.15. The lowest BCUT2D eigenvalue weighted by molar-refractivity contribution is 1.03. The molecule has 0 aliphatic heterocycles. The molecular formula is C16H13I. The summed E-state index contributed by atoms with van der Waals surface area (Å²) >= 11 is 2.60. The summed E-state index contributed by atoms with van der Waals surface area (Å²) in [7, 11) is 0. The molecule has 0 nitrogen and oxygen atoms in total. The number of benzene rings is 2. The van der Waals surface area contributed by atoms with Gasteiger partial charge in [-0.1, -0.05) is 71.1 Å². The standard InChI is InChI=1S/C16H13I/c17-16-12-7-3-1-5-10(12)14-9-15(14)11-6-2-4-8-13(11)16/h1-8,14-16H,9H2/t14-,15?,16?/m1/s1. The Hall–Kier alpha value is -0.830. The molecule has 0 amide bonds. The van der Waals surface area contributed by atoms with Gasteiger partial charge in [-0.15, -0.1) is 0 Å². The number of fused-ring (bicyclic) bond motifs is 5. The quantitative estimate of drug-likeness (QED) is 0.480. The molecular weight excluding hydrogens is 319 g/mol. The minimum absolute atomic E-state index is 0.521. The molecule has 2 aliphatic carbocycles. The molecule has 17 heavy (non-hydrogen) atoms. The minimum Gasteiger partial charge on any atom is -0.0722 e. The molecule has 84 valence electrons. The number of alkyl halides is 1. The van der Waals surface area contributed by atoms with Crippen LogP contribution in [0.2, 0.25) is 0 Å². The average molecular weight is 332 g/mol. The van der Waals surface area contributed by atoms with Crippen molar-refractivity contribution in [1.29, 1.82) is 0 Å². The minimum atomic E-state index is 0.521. The molecule has 2 aliphatic rings. The lowest BCUT2D eigenvalue weighted by Crippen LogP contribution is -1.97. The third-order valence-corrected chi connectivity index (χ3v) is 5.47. The van der Waals surface area contributed by atoms with Gasteiger partial charge in [0.2, 0.25) is 0 Å². The molecule has 0 aromatic heterocycles. The molecule has 4 rings (SSSR count). The summed E-state index contributed by atoms with van der Waals surface area (Å²) in [6.45, 7) is 0. The third kappa shape index (κ3) is 1.41. The Labute approximate surface area is 115 Å². The third-order valence-electron chi connectivity index (χ3n) is 4.13. The van der Waals surface area contributed by atoms with E-state index < -0.39 is 0 Å². The first-order valence-electron chi connectivity index (χ1n) is 6.18. The molecule has 2 aromatic carbocycles. The van der Waals surface area contributed by atoms with Crippen molar-refractivity contribution in [2.45, 2.75) is 22.2 Å². The van der Waals surface area contributed by atoms with Gasteiger partial charge in [0.25, 0.3) is 0 Å². The van der Waals surface area contributed by atoms with E-state index in [1.165, 1.54) is 17.5 Å². The van der Waals surface area contributed by atoms with Gasteiger partial charge in [0, 0.05) is 0 Å². The van der Waals surface area contributed by atoms with E-state index in [-0.39, 0.29) is 0 Å². The molecule has 0 bridgehead atoms. The molecule has 0 spiro atoms. The summed E-state index contributed by atoms with van der Waals surface area (Å²) in [6, 6.07) is 18.0. The zero-order chi connectivity index (χ0) is 11.4. The second kappa shape index (κ2) is 3.58. The molecule has 3 atom stereocenters. The molecule has 1 heteroatoms. The molecule has 0 saturated heterocycles. The number of halogens is 1. The van der Waals surface area contributed by atoms with E-state index in [4.69, 9.17) is 0 Å². The van der Waals surface area contributed by atoms with Gasteiger partial charge in [-0.2, -0.15) is 0 Å². The largest absolute Gasteiger partial charge is 0.0722 e. The first-order chi connectivity index (χ1) is 8.36. The van der Waals surface area contributed by atoms with Gasteiger partial charge in [0.1, 0.15) is 0 Å². The molecule has 0 N–H and O–H groups in total. The predicted molar refractivity (Wildman–Crippen MR) is 78.8 cm³/mol. The first kappa shape index (κ1) is 10.1. The zero-order valence-electron chi connectivity index (χ0n) is 9.44. The molecule has 1 fully saturated rings. The monoisotopic (exact) mass is 332 g/mol. The highest BCUT2D eigenvalue weighted by molar-refractivity contribution is 14.1. The van der Waals surface area contributed by atoms with Crippen LogP contribution in [0.5, 0.6) is 0 Å². The van der Waals surface area contributed by atoms with Crippen molar-refractivity contribution in [3.8, 4) is 0 Å². The van der Waals surface area contributed by atoms with Crippen LogP contribution in [0, 0.1) is 0 Å². The fourth-order valence-corrected chi connectivity index (χ4v) is 4.34. The highest BCUT2D eigenvalue weighted by atomic mass is 127. The maximum Gasteiger partial charge on any atom is 0.0614 e. The first-order valence-corrected chi connectivity index (χ1v) is 7.42. The van der Waals surface area contributed by atoms with Gasteiger partial charge in [-0.25, -0.2) is 0 Å². The maximum atomic E-state index is 2.60. The van der Waals surface area contributed by atoms with Gasteiger partial charge >= 0.3 is 0 Å². The Kier molecular flexibility index (Phi) is 2.13. The van der Waals surface area contributed by atoms with Crippen molar-refractivity contribution < 1.29 is 0 Å². The summed E-state index contributed by atoms with van der Waals surface area (Å²) in [5.41, 5.74) is 6.25. The summed E-state index contributed by atoms with van der Waals surface area (Å²) in [5.74, 6) is 1.57. The zero-order valence-corrected chi connectivity index (χ0v) is 11.6. The van der Waals surface area contributed by atoms with Gasteiger partial charge in [-0.3, -0.25) is 0 Å². The molecule has 0 heterocycles. The van der Waals surface area contributed by atoms with Crippen molar-refractivity contribution in [2.24, 2.45) is 0 Å². The van der Waals surface area contributed by atoms with E-state index in [1.807, 2.05) is 0 Å². The van der Waals surface area contributed by atoms with Crippen molar-refractivity contribution in [1.82, 2.24) is 0 Å². The lowest BCUT2D eigenvalue weighted by atomic mass is 9.98. The van der Waals surface area contributed by atoms with Crippen LogP contribution in [0.25, 0.3) is 0 Å². The normalized spacial score (nSPS) is 28.6. The number of rotatable bonds is 0. The topological polar surface area (TPSA) is 0 Å². The molecule has 1 saturated carbocycles. The van der Waals surface area contributed by atoms with Crippen LogP contribution in [0.1, 0.15) is 44.4 Å². The highest BCUT2D eigenvalue weighted by Gasteiger charge is 2.44. The second-order valence-electron chi connectivity index (χ2n) is 5.07. The van der Waals surface area contributed by atoms with Gasteiger partial charge in [-0.05, 0) is 40.5 Å². The summed E-state index contributed by atoms with van der Waals surface area (Å²) in [4.78, 5) is 0. The predicted octanol–water partition coefficient (Wildman–Crippen LogP) is 4.80. The number of hydrogen-bond acceptors (Lipinski definition) is 0. The van der Waals surface area contributed by atoms with Crippen LogP contribution in [0.15, 0.2) is 48.5 Å². The van der Waals surface area contributed by atoms with Gasteiger partial charge < -0.3 is 0 Å². The van der Waals surface area contributed by atoms with Crippen LogP contribution in [0.3, 0.4) is 0 Å². The SMILES string of the molecule is IC1c2ccccc2C2C[C@@H]2c2ccccc21. The smallest absolute Gasteiger partial charge is 0.0614 e. The Morgan fingerprint density at radius 2 is 1.12 bits per heavy atom. The average Bonchev–Trinajstić information content (AvgIpc) is 3.18. The summed E-state index contributed by atoms with van der Waals surface area (Å²) < 4.78 is 0.521. The van der Waals surface area contributed by atoms with Crippen molar-refractivity contribution in [3.05, 3.63) is 70.8 Å². The van der Waals surface area contributed by atoms with Crippen LogP contribution in [-0.4, -0.2) is 0 Å². The van der Waals surface area contributed by atoms with Crippen LogP contribution >= 0.6 is 22.6 Å². The fourth-order valence-electron chi connectivity index (χ4n) is 3.21. The van der Waals surface area contributed by atoms with E-state index in [0.29, 0.717) is 3.92 Å². The Morgan fingerprint density at radius 3 is 1.59 bits per heavy atom. The summed E-state index contributed by atoms with van der Waals surface area (Å²) in [5, 5.41) is 0. The van der Waals surface area contributed by atoms with E-state index in [1.54, 1.807) is 11.1 Å². The Morgan fingerprint density at radius 1 is 0.706 bits per heavy atom. The van der Waals surface area contributed by atoms with Crippen LogP contribution < -0.4 is 0 Å². The van der Waals surface area contributed by atoms with Crippen molar-refractivity contribution in [2.75, 3.05) is 0 Å².